The van der Waals surface area contributed by atoms with Crippen molar-refractivity contribution in [2.75, 3.05) is 13.2 Å². The minimum Gasteiger partial charge on any atom is -0.377 e. The molecule has 0 spiro atoms. The molecule has 0 aliphatic carbocycles. The summed E-state index contributed by atoms with van der Waals surface area (Å²) in [5.74, 6) is 0. The summed E-state index contributed by atoms with van der Waals surface area (Å²) in [5.41, 5.74) is 2.29. The molecule has 0 bridgehead atoms. The van der Waals surface area contributed by atoms with Crippen molar-refractivity contribution in [2.24, 2.45) is 0 Å². The van der Waals surface area contributed by atoms with E-state index in [2.05, 4.69) is 36.5 Å². The highest BCUT2D eigenvalue weighted by atomic mass is 16.5. The predicted molar refractivity (Wildman–Crippen MR) is 88.6 cm³/mol. The maximum absolute atomic E-state index is 12.3. The molecule has 1 aromatic carbocycles. The van der Waals surface area contributed by atoms with Crippen LogP contribution in [0.25, 0.3) is 0 Å². The van der Waals surface area contributed by atoms with Crippen LogP contribution in [0.4, 0.5) is 4.79 Å². The molecule has 1 aliphatic rings. The number of hydrogen-bond acceptors (Lipinski definition) is 2. The number of benzene rings is 1. The van der Waals surface area contributed by atoms with E-state index in [1.165, 1.54) is 12.0 Å². The topological polar surface area (TPSA) is 41.6 Å². The molecule has 1 unspecified atom stereocenters. The molecule has 2 rings (SSSR count). The number of piperidine rings is 1. The van der Waals surface area contributed by atoms with Gasteiger partial charge in [-0.25, -0.2) is 4.79 Å². The zero-order chi connectivity index (χ0) is 15.8. The van der Waals surface area contributed by atoms with Gasteiger partial charge in [0.1, 0.15) is 0 Å². The molecule has 1 heterocycles. The van der Waals surface area contributed by atoms with Crippen LogP contribution < -0.4 is 5.32 Å². The van der Waals surface area contributed by atoms with Gasteiger partial charge in [0.2, 0.25) is 0 Å². The summed E-state index contributed by atoms with van der Waals surface area (Å²) in [6, 6.07) is 8.72. The lowest BCUT2D eigenvalue weighted by Gasteiger charge is -2.35. The number of amides is 2. The lowest BCUT2D eigenvalue weighted by atomic mass is 10.0. The Balaban J connectivity index is 1.82. The number of urea groups is 1. The Bertz CT molecular complexity index is 459. The number of hydrogen-bond donors (Lipinski definition) is 1. The van der Waals surface area contributed by atoms with Crippen LogP contribution in [-0.2, 0) is 17.9 Å². The van der Waals surface area contributed by atoms with Crippen LogP contribution in [0, 0.1) is 0 Å². The van der Waals surface area contributed by atoms with E-state index in [9.17, 15) is 4.79 Å². The van der Waals surface area contributed by atoms with E-state index in [0.717, 1.165) is 38.0 Å². The minimum absolute atomic E-state index is 0.0740. The van der Waals surface area contributed by atoms with Gasteiger partial charge in [-0.2, -0.15) is 0 Å². The Hall–Kier alpha value is -1.55. The molecule has 1 N–H and O–H groups in total. The van der Waals surface area contributed by atoms with Crippen LogP contribution in [0.1, 0.15) is 50.7 Å². The van der Waals surface area contributed by atoms with E-state index in [0.29, 0.717) is 19.2 Å². The van der Waals surface area contributed by atoms with E-state index in [4.69, 9.17) is 4.74 Å². The predicted octanol–water partition coefficient (Wildman–Crippen LogP) is 3.70. The van der Waals surface area contributed by atoms with E-state index in [1.807, 2.05) is 11.8 Å². The van der Waals surface area contributed by atoms with Gasteiger partial charge in [-0.05, 0) is 43.7 Å². The third-order valence-electron chi connectivity index (χ3n) is 4.30. The van der Waals surface area contributed by atoms with Gasteiger partial charge in [0.05, 0.1) is 6.61 Å². The highest BCUT2D eigenvalue weighted by Crippen LogP contribution is 2.19. The van der Waals surface area contributed by atoms with E-state index < -0.39 is 0 Å². The highest BCUT2D eigenvalue weighted by Gasteiger charge is 2.24. The molecule has 2 amide bonds. The third kappa shape index (κ3) is 4.73. The van der Waals surface area contributed by atoms with Crippen LogP contribution in [0.3, 0.4) is 0 Å². The molecule has 0 radical (unpaired) electrons. The van der Waals surface area contributed by atoms with Crippen molar-refractivity contribution in [3.05, 3.63) is 35.4 Å². The van der Waals surface area contributed by atoms with Crippen molar-refractivity contribution >= 4 is 6.03 Å². The summed E-state index contributed by atoms with van der Waals surface area (Å²) in [6.07, 6.45) is 4.54. The van der Waals surface area contributed by atoms with Crippen molar-refractivity contribution < 1.29 is 9.53 Å². The van der Waals surface area contributed by atoms with E-state index >= 15 is 0 Å². The standard InChI is InChI=1S/C18H28N2O2/c1-3-17-7-5-6-12-20(17)18(21)19-13-15-8-10-16(11-9-15)14-22-4-2/h8-11,17H,3-7,12-14H2,1-2H3,(H,19,21). The smallest absolute Gasteiger partial charge is 0.317 e. The van der Waals surface area contributed by atoms with Crippen LogP contribution in [0.15, 0.2) is 24.3 Å². The van der Waals surface area contributed by atoms with Gasteiger partial charge in [-0.1, -0.05) is 31.2 Å². The Morgan fingerprint density at radius 2 is 1.95 bits per heavy atom. The fourth-order valence-corrected chi connectivity index (χ4v) is 2.94. The number of likely N-dealkylation sites (tertiary alicyclic amines) is 1. The number of rotatable bonds is 6. The number of carbonyl (C=O) groups excluding carboxylic acids is 1. The first kappa shape index (κ1) is 16.8. The molecule has 1 atom stereocenters. The summed E-state index contributed by atoms with van der Waals surface area (Å²) in [6.45, 7) is 7.00. The van der Waals surface area contributed by atoms with Crippen LogP contribution in [0.5, 0.6) is 0 Å². The molecule has 22 heavy (non-hydrogen) atoms. The summed E-state index contributed by atoms with van der Waals surface area (Å²) < 4.78 is 5.38. The van der Waals surface area contributed by atoms with Gasteiger partial charge in [0.25, 0.3) is 0 Å². The molecule has 0 aromatic heterocycles. The van der Waals surface area contributed by atoms with Crippen molar-refractivity contribution in [2.45, 2.75) is 58.7 Å². The zero-order valence-corrected chi connectivity index (χ0v) is 13.8. The first-order valence-corrected chi connectivity index (χ1v) is 8.44. The van der Waals surface area contributed by atoms with E-state index in [1.54, 1.807) is 0 Å². The second-order valence-corrected chi connectivity index (χ2v) is 5.86. The zero-order valence-electron chi connectivity index (χ0n) is 13.8. The number of carbonyl (C=O) groups is 1. The van der Waals surface area contributed by atoms with Crippen molar-refractivity contribution in [3.63, 3.8) is 0 Å². The van der Waals surface area contributed by atoms with Gasteiger partial charge in [-0.3, -0.25) is 0 Å². The summed E-state index contributed by atoms with van der Waals surface area (Å²) in [4.78, 5) is 14.4. The maximum atomic E-state index is 12.3. The molecule has 4 heteroatoms. The monoisotopic (exact) mass is 304 g/mol. The lowest BCUT2D eigenvalue weighted by molar-refractivity contribution is 0.134. The SMILES string of the molecule is CCOCc1ccc(CNC(=O)N2CCCCC2CC)cc1. The van der Waals surface area contributed by atoms with Crippen LogP contribution in [-0.4, -0.2) is 30.1 Å². The molecule has 1 aromatic rings. The molecule has 122 valence electrons. The maximum Gasteiger partial charge on any atom is 0.317 e. The average Bonchev–Trinajstić information content (AvgIpc) is 2.58. The molecular weight excluding hydrogens is 276 g/mol. The average molecular weight is 304 g/mol. The van der Waals surface area contributed by atoms with E-state index in [-0.39, 0.29) is 6.03 Å². The lowest BCUT2D eigenvalue weighted by Crippen LogP contribution is -2.48. The number of nitrogens with zero attached hydrogens (tertiary/aromatic N) is 1. The van der Waals surface area contributed by atoms with Crippen LogP contribution >= 0.6 is 0 Å². The van der Waals surface area contributed by atoms with Crippen molar-refractivity contribution in [3.8, 4) is 0 Å². The minimum atomic E-state index is 0.0740. The fourth-order valence-electron chi connectivity index (χ4n) is 2.94. The van der Waals surface area contributed by atoms with Crippen molar-refractivity contribution in [1.29, 1.82) is 0 Å². The van der Waals surface area contributed by atoms with Crippen molar-refractivity contribution in [1.82, 2.24) is 10.2 Å². The normalized spacial score (nSPS) is 18.3. The summed E-state index contributed by atoms with van der Waals surface area (Å²) in [5, 5.41) is 3.05. The fraction of sp³-hybridized carbons (Fsp3) is 0.611. The van der Waals surface area contributed by atoms with Gasteiger partial charge < -0.3 is 15.0 Å². The molecule has 1 aliphatic heterocycles. The second kappa shape index (κ2) is 8.79. The molecule has 1 fully saturated rings. The number of nitrogens with one attached hydrogen (secondary N) is 1. The molecule has 1 saturated heterocycles. The van der Waals surface area contributed by atoms with Gasteiger partial charge >= 0.3 is 6.03 Å². The number of ether oxygens (including phenoxy) is 1. The first-order chi connectivity index (χ1) is 10.7. The van der Waals surface area contributed by atoms with Gasteiger partial charge in [0, 0.05) is 25.7 Å². The Labute approximate surface area is 133 Å². The Morgan fingerprint density at radius 1 is 1.23 bits per heavy atom. The largest absolute Gasteiger partial charge is 0.377 e. The van der Waals surface area contributed by atoms with Gasteiger partial charge in [-0.15, -0.1) is 0 Å². The van der Waals surface area contributed by atoms with Gasteiger partial charge in [0.15, 0.2) is 0 Å². The summed E-state index contributed by atoms with van der Waals surface area (Å²) >= 11 is 0. The highest BCUT2D eigenvalue weighted by molar-refractivity contribution is 5.74. The van der Waals surface area contributed by atoms with Crippen LogP contribution in [0.2, 0.25) is 0 Å². The molecule has 0 saturated carbocycles. The second-order valence-electron chi connectivity index (χ2n) is 5.86. The Morgan fingerprint density at radius 3 is 2.64 bits per heavy atom. The first-order valence-electron chi connectivity index (χ1n) is 8.44. The summed E-state index contributed by atoms with van der Waals surface area (Å²) in [7, 11) is 0. The molecule has 4 nitrogen and oxygen atoms in total. The third-order valence-corrected chi connectivity index (χ3v) is 4.30. The quantitative estimate of drug-likeness (QED) is 0.870. The molecular formula is C18H28N2O2. The Kier molecular flexibility index (Phi) is 6.72.